The van der Waals surface area contributed by atoms with E-state index in [-0.39, 0.29) is 5.91 Å². The fourth-order valence-electron chi connectivity index (χ4n) is 3.71. The molecule has 0 unspecified atom stereocenters. The van der Waals surface area contributed by atoms with E-state index >= 15 is 0 Å². The number of furan rings is 1. The van der Waals surface area contributed by atoms with Crippen molar-refractivity contribution in [3.63, 3.8) is 0 Å². The molecule has 1 aliphatic heterocycles. The maximum absolute atomic E-state index is 13.4. The number of nitriles is 1. The van der Waals surface area contributed by atoms with Crippen LogP contribution in [0.15, 0.2) is 69.0 Å². The zero-order valence-electron chi connectivity index (χ0n) is 18.7. The van der Waals surface area contributed by atoms with Crippen molar-refractivity contribution in [2.45, 2.75) is 45.4 Å². The second kappa shape index (κ2) is 11.5. The monoisotopic (exact) mass is 451 g/mol. The number of carbonyl (C=O) groups is 1. The summed E-state index contributed by atoms with van der Waals surface area (Å²) in [6.45, 7) is 4.05. The van der Waals surface area contributed by atoms with E-state index in [2.05, 4.69) is 23.6 Å². The first-order valence-corrected chi connectivity index (χ1v) is 11.8. The molecule has 3 rings (SSSR count). The van der Waals surface area contributed by atoms with Gasteiger partial charge in [-0.1, -0.05) is 38.3 Å². The number of anilines is 1. The Morgan fingerprint density at radius 2 is 2.06 bits per heavy atom. The number of unbranched alkanes of at least 4 members (excludes halogenated alkanes) is 3. The molecule has 1 aromatic carbocycles. The lowest BCUT2D eigenvalue weighted by molar-refractivity contribution is -0.113. The van der Waals surface area contributed by atoms with Crippen LogP contribution in [-0.2, 0) is 4.79 Å². The SMILES string of the molecule is CCCCCCSC1=C(C#N)[C@@H](c2ccco2)C(C(=O)Nc2ccccc2OC)=C(C)N1. The quantitative estimate of drug-likeness (QED) is 0.435. The molecule has 0 aliphatic carbocycles. The van der Waals surface area contributed by atoms with Crippen LogP contribution in [-0.4, -0.2) is 18.8 Å². The van der Waals surface area contributed by atoms with Gasteiger partial charge in [0, 0.05) is 5.70 Å². The number of hydrogen-bond donors (Lipinski definition) is 2. The van der Waals surface area contributed by atoms with Crippen molar-refractivity contribution in [1.82, 2.24) is 5.32 Å². The number of methoxy groups -OCH3 is 1. The summed E-state index contributed by atoms with van der Waals surface area (Å²) in [5, 5.41) is 17.1. The molecule has 2 heterocycles. The van der Waals surface area contributed by atoms with E-state index in [9.17, 15) is 10.1 Å². The third kappa shape index (κ3) is 5.38. The number of dihydropyridines is 1. The molecule has 0 saturated carbocycles. The van der Waals surface area contributed by atoms with E-state index in [0.717, 1.165) is 17.2 Å². The molecule has 0 bridgehead atoms. The van der Waals surface area contributed by atoms with Crippen LogP contribution >= 0.6 is 11.8 Å². The van der Waals surface area contributed by atoms with E-state index < -0.39 is 5.92 Å². The topological polar surface area (TPSA) is 87.3 Å². The summed E-state index contributed by atoms with van der Waals surface area (Å²) in [7, 11) is 1.56. The van der Waals surface area contributed by atoms with Gasteiger partial charge >= 0.3 is 0 Å². The van der Waals surface area contributed by atoms with Gasteiger partial charge in [-0.15, -0.1) is 11.8 Å². The molecule has 32 heavy (non-hydrogen) atoms. The molecular weight excluding hydrogens is 422 g/mol. The minimum Gasteiger partial charge on any atom is -0.495 e. The number of para-hydroxylation sites is 2. The van der Waals surface area contributed by atoms with Crippen LogP contribution in [0.25, 0.3) is 0 Å². The molecule has 1 atom stereocenters. The molecule has 6 nitrogen and oxygen atoms in total. The molecule has 1 aromatic heterocycles. The van der Waals surface area contributed by atoms with Crippen molar-refractivity contribution in [2.75, 3.05) is 18.2 Å². The third-order valence-electron chi connectivity index (χ3n) is 5.32. The van der Waals surface area contributed by atoms with Gasteiger partial charge in [-0.3, -0.25) is 4.79 Å². The van der Waals surface area contributed by atoms with Crippen molar-refractivity contribution >= 4 is 23.4 Å². The average Bonchev–Trinajstić information content (AvgIpc) is 3.33. The number of ether oxygens (including phenoxy) is 1. The Hall–Kier alpha value is -3.11. The molecular formula is C25H29N3O3S. The van der Waals surface area contributed by atoms with Crippen LogP contribution in [0.5, 0.6) is 5.75 Å². The molecule has 2 N–H and O–H groups in total. The molecule has 168 valence electrons. The number of hydrogen-bond acceptors (Lipinski definition) is 6. The van der Waals surface area contributed by atoms with E-state index in [1.807, 2.05) is 19.1 Å². The fourth-order valence-corrected chi connectivity index (χ4v) is 4.80. The lowest BCUT2D eigenvalue weighted by Gasteiger charge is -2.28. The predicted octanol–water partition coefficient (Wildman–Crippen LogP) is 5.94. The van der Waals surface area contributed by atoms with Crippen molar-refractivity contribution in [1.29, 1.82) is 5.26 Å². The molecule has 0 fully saturated rings. The Morgan fingerprint density at radius 3 is 2.75 bits per heavy atom. The summed E-state index contributed by atoms with van der Waals surface area (Å²) in [6.07, 6.45) is 6.20. The van der Waals surface area contributed by atoms with Gasteiger partial charge in [-0.25, -0.2) is 0 Å². The first-order chi connectivity index (χ1) is 15.6. The summed E-state index contributed by atoms with van der Waals surface area (Å²) in [4.78, 5) is 13.4. The number of nitrogens with one attached hydrogen (secondary N) is 2. The van der Waals surface area contributed by atoms with Gasteiger partial charge in [0.05, 0.1) is 47.2 Å². The van der Waals surface area contributed by atoms with Gasteiger partial charge < -0.3 is 19.8 Å². The summed E-state index contributed by atoms with van der Waals surface area (Å²) in [5.74, 6) is 1.16. The molecule has 0 saturated heterocycles. The number of rotatable bonds is 10. The van der Waals surface area contributed by atoms with Gasteiger partial charge in [0.25, 0.3) is 5.91 Å². The summed E-state index contributed by atoms with van der Waals surface area (Å²) < 4.78 is 11.0. The van der Waals surface area contributed by atoms with Gasteiger partial charge in [0.15, 0.2) is 0 Å². The van der Waals surface area contributed by atoms with Crippen LogP contribution in [0.4, 0.5) is 5.69 Å². The largest absolute Gasteiger partial charge is 0.495 e. The van der Waals surface area contributed by atoms with E-state index in [1.54, 1.807) is 49.4 Å². The lowest BCUT2D eigenvalue weighted by Crippen LogP contribution is -2.30. The summed E-state index contributed by atoms with van der Waals surface area (Å²) >= 11 is 1.63. The Balaban J connectivity index is 1.91. The number of nitrogens with zero attached hydrogens (tertiary/aromatic N) is 1. The normalized spacial score (nSPS) is 15.9. The van der Waals surface area contributed by atoms with E-state index in [1.165, 1.54) is 19.3 Å². The van der Waals surface area contributed by atoms with Crippen molar-refractivity contribution in [3.05, 3.63) is 70.3 Å². The Bertz CT molecular complexity index is 1030. The smallest absolute Gasteiger partial charge is 0.254 e. The first-order valence-electron chi connectivity index (χ1n) is 10.8. The van der Waals surface area contributed by atoms with Crippen LogP contribution in [0.2, 0.25) is 0 Å². The highest BCUT2D eigenvalue weighted by molar-refractivity contribution is 8.03. The second-order valence-electron chi connectivity index (χ2n) is 7.53. The fraction of sp³-hybridized carbons (Fsp3) is 0.360. The number of amides is 1. The zero-order chi connectivity index (χ0) is 22.9. The van der Waals surface area contributed by atoms with E-state index in [4.69, 9.17) is 9.15 Å². The number of carbonyl (C=O) groups excluding carboxylic acids is 1. The lowest BCUT2D eigenvalue weighted by atomic mass is 9.85. The molecule has 0 spiro atoms. The third-order valence-corrected chi connectivity index (χ3v) is 6.42. The molecule has 7 heteroatoms. The standard InChI is InChI=1S/C25H29N3O3S/c1-4-5-6-9-15-32-25-18(16-26)23(21-13-10-14-31-21)22(17(2)27-25)24(29)28-19-11-7-8-12-20(19)30-3/h7-8,10-14,23,27H,4-6,9,15H2,1-3H3,(H,28,29)/t23-/m0/s1. The molecule has 0 radical (unpaired) electrons. The molecule has 1 amide bonds. The van der Waals surface area contributed by atoms with Crippen LogP contribution in [0.3, 0.4) is 0 Å². The summed E-state index contributed by atoms with van der Waals surface area (Å²) in [6, 6.07) is 13.1. The van der Waals surface area contributed by atoms with Crippen LogP contribution in [0.1, 0.15) is 51.2 Å². The predicted molar refractivity (Wildman–Crippen MR) is 128 cm³/mol. The average molecular weight is 452 g/mol. The minimum absolute atomic E-state index is 0.305. The van der Waals surface area contributed by atoms with Gasteiger partial charge in [0.1, 0.15) is 11.5 Å². The summed E-state index contributed by atoms with van der Waals surface area (Å²) in [5.41, 5.74) is 2.22. The maximum atomic E-state index is 13.4. The highest BCUT2D eigenvalue weighted by Gasteiger charge is 2.36. The van der Waals surface area contributed by atoms with Gasteiger partial charge in [-0.2, -0.15) is 5.26 Å². The number of allylic oxidation sites excluding steroid dienone is 2. The van der Waals surface area contributed by atoms with Gasteiger partial charge in [-0.05, 0) is 43.4 Å². The van der Waals surface area contributed by atoms with Crippen molar-refractivity contribution < 1.29 is 13.9 Å². The number of thioether (sulfide) groups is 1. The molecule has 2 aromatic rings. The second-order valence-corrected chi connectivity index (χ2v) is 8.64. The Kier molecular flexibility index (Phi) is 8.46. The van der Waals surface area contributed by atoms with Crippen molar-refractivity contribution in [3.8, 4) is 11.8 Å². The highest BCUT2D eigenvalue weighted by Crippen LogP contribution is 2.41. The first kappa shape index (κ1) is 23.6. The zero-order valence-corrected chi connectivity index (χ0v) is 19.6. The van der Waals surface area contributed by atoms with Crippen molar-refractivity contribution in [2.24, 2.45) is 0 Å². The molecule has 1 aliphatic rings. The van der Waals surface area contributed by atoms with Crippen LogP contribution < -0.4 is 15.4 Å². The number of benzene rings is 1. The maximum Gasteiger partial charge on any atom is 0.254 e. The minimum atomic E-state index is -0.580. The Labute approximate surface area is 193 Å². The van der Waals surface area contributed by atoms with Gasteiger partial charge in [0.2, 0.25) is 0 Å². The van der Waals surface area contributed by atoms with E-state index in [0.29, 0.717) is 34.0 Å². The Morgan fingerprint density at radius 1 is 1.25 bits per heavy atom. The highest BCUT2D eigenvalue weighted by atomic mass is 32.2. The van der Waals surface area contributed by atoms with Crippen LogP contribution in [0, 0.1) is 11.3 Å².